The fourth-order valence-electron chi connectivity index (χ4n) is 3.02. The first-order valence-corrected chi connectivity index (χ1v) is 12.7. The Morgan fingerprint density at radius 2 is 1.59 bits per heavy atom. The summed E-state index contributed by atoms with van der Waals surface area (Å²) >= 11 is 6.74. The van der Waals surface area contributed by atoms with Crippen LogP contribution in [0.15, 0.2) is 74.7 Å². The van der Waals surface area contributed by atoms with Crippen molar-refractivity contribution in [1.29, 1.82) is 0 Å². The highest BCUT2D eigenvalue weighted by Crippen LogP contribution is 2.29. The third-order valence-corrected chi connectivity index (χ3v) is 5.78. The maximum Gasteiger partial charge on any atom is 0.277 e. The number of amides is 2. The molecule has 0 unspecified atom stereocenters. The van der Waals surface area contributed by atoms with Gasteiger partial charge in [-0.15, -0.1) is 0 Å². The Hall–Kier alpha value is -3.57. The van der Waals surface area contributed by atoms with E-state index in [1.54, 1.807) is 42.5 Å². The predicted octanol–water partition coefficient (Wildman–Crippen LogP) is 5.17. The Labute approximate surface area is 231 Å². The second-order valence-corrected chi connectivity index (χ2v) is 9.10. The lowest BCUT2D eigenvalue weighted by Gasteiger charge is -2.13. The van der Waals surface area contributed by atoms with Gasteiger partial charge in [0.1, 0.15) is 11.5 Å². The van der Waals surface area contributed by atoms with Crippen LogP contribution >= 0.6 is 31.9 Å². The van der Waals surface area contributed by atoms with E-state index < -0.39 is 5.91 Å². The van der Waals surface area contributed by atoms with Gasteiger partial charge in [-0.1, -0.05) is 28.1 Å². The number of ether oxygens (including phenoxy) is 4. The van der Waals surface area contributed by atoms with Crippen molar-refractivity contribution in [2.24, 2.45) is 5.10 Å². The summed E-state index contributed by atoms with van der Waals surface area (Å²) in [6, 6.07) is 17.6. The number of para-hydroxylation sites is 2. The minimum Gasteiger partial charge on any atom is -0.495 e. The molecule has 0 aliphatic rings. The summed E-state index contributed by atoms with van der Waals surface area (Å²) in [7, 11) is 1.53. The summed E-state index contributed by atoms with van der Waals surface area (Å²) in [6.07, 6.45) is 1.47. The molecule has 0 saturated carbocycles. The van der Waals surface area contributed by atoms with Gasteiger partial charge in [0.15, 0.2) is 24.7 Å². The number of nitrogens with zero attached hydrogens (tertiary/aromatic N) is 1. The quantitative estimate of drug-likeness (QED) is 0.210. The largest absolute Gasteiger partial charge is 0.495 e. The number of hydrogen-bond donors (Lipinski definition) is 2. The van der Waals surface area contributed by atoms with Gasteiger partial charge in [0, 0.05) is 4.47 Å². The van der Waals surface area contributed by atoms with Crippen molar-refractivity contribution in [2.45, 2.75) is 6.92 Å². The van der Waals surface area contributed by atoms with Crippen molar-refractivity contribution in [3.63, 3.8) is 0 Å². The van der Waals surface area contributed by atoms with Crippen LogP contribution in [0, 0.1) is 0 Å². The first-order valence-electron chi connectivity index (χ1n) is 11.1. The topological polar surface area (TPSA) is 107 Å². The lowest BCUT2D eigenvalue weighted by molar-refractivity contribution is -0.123. The summed E-state index contributed by atoms with van der Waals surface area (Å²) in [4.78, 5) is 24.4. The van der Waals surface area contributed by atoms with Gasteiger partial charge >= 0.3 is 0 Å². The van der Waals surface area contributed by atoms with Gasteiger partial charge in [-0.05, 0) is 76.9 Å². The van der Waals surface area contributed by atoms with E-state index in [2.05, 4.69) is 47.7 Å². The number of carbonyl (C=O) groups is 2. The number of nitrogens with one attached hydrogen (secondary N) is 2. The van der Waals surface area contributed by atoms with E-state index in [0.29, 0.717) is 40.9 Å². The number of rotatable bonds is 12. The highest BCUT2D eigenvalue weighted by molar-refractivity contribution is 9.11. The van der Waals surface area contributed by atoms with Gasteiger partial charge in [0.05, 0.1) is 30.1 Å². The molecule has 2 N–H and O–H groups in total. The summed E-state index contributed by atoms with van der Waals surface area (Å²) in [5, 5.41) is 6.72. The molecule has 194 valence electrons. The molecule has 0 radical (unpaired) electrons. The zero-order chi connectivity index (χ0) is 26.6. The molecule has 0 aliphatic carbocycles. The molecule has 0 fully saturated rings. The Kier molecular flexibility index (Phi) is 10.8. The molecule has 0 aliphatic heterocycles. The highest BCUT2D eigenvalue weighted by Gasteiger charge is 2.11. The molecular formula is C26H25Br2N3O6. The van der Waals surface area contributed by atoms with Crippen molar-refractivity contribution in [3.05, 3.63) is 75.2 Å². The van der Waals surface area contributed by atoms with Crippen molar-refractivity contribution >= 4 is 55.6 Å². The van der Waals surface area contributed by atoms with Gasteiger partial charge in [0.25, 0.3) is 11.8 Å². The van der Waals surface area contributed by atoms with Crippen LogP contribution in [0.1, 0.15) is 12.5 Å². The summed E-state index contributed by atoms with van der Waals surface area (Å²) < 4.78 is 23.7. The van der Waals surface area contributed by atoms with Gasteiger partial charge < -0.3 is 24.3 Å². The molecule has 37 heavy (non-hydrogen) atoms. The van der Waals surface area contributed by atoms with E-state index in [9.17, 15) is 9.59 Å². The molecule has 0 atom stereocenters. The third kappa shape index (κ3) is 8.80. The van der Waals surface area contributed by atoms with Crippen molar-refractivity contribution < 1.29 is 28.5 Å². The fourth-order valence-corrected chi connectivity index (χ4v) is 4.18. The Morgan fingerprint density at radius 1 is 0.865 bits per heavy atom. The normalized spacial score (nSPS) is 10.6. The van der Waals surface area contributed by atoms with Crippen LogP contribution in [0.5, 0.6) is 23.0 Å². The second-order valence-electron chi connectivity index (χ2n) is 7.33. The molecule has 3 aromatic rings. The Balaban J connectivity index is 1.54. The van der Waals surface area contributed by atoms with Crippen LogP contribution in [0.3, 0.4) is 0 Å². The molecule has 0 saturated heterocycles. The average molecular weight is 635 g/mol. The predicted molar refractivity (Wildman–Crippen MR) is 148 cm³/mol. The fraction of sp³-hybridized carbons (Fsp3) is 0.192. The smallest absolute Gasteiger partial charge is 0.277 e. The molecule has 11 heteroatoms. The molecule has 9 nitrogen and oxygen atoms in total. The SMILES string of the molecule is CCOc1cc(/C=N/NC(=O)COc2ccc(Br)cc2Br)ccc1OCC(=O)Nc1ccccc1OC. The molecule has 0 aromatic heterocycles. The van der Waals surface area contributed by atoms with Gasteiger partial charge in [0.2, 0.25) is 0 Å². The van der Waals surface area contributed by atoms with E-state index in [1.165, 1.54) is 13.3 Å². The van der Waals surface area contributed by atoms with Crippen molar-refractivity contribution in [1.82, 2.24) is 5.43 Å². The highest BCUT2D eigenvalue weighted by atomic mass is 79.9. The van der Waals surface area contributed by atoms with E-state index >= 15 is 0 Å². The van der Waals surface area contributed by atoms with Gasteiger partial charge in [-0.2, -0.15) is 5.10 Å². The zero-order valence-corrected chi connectivity index (χ0v) is 23.3. The van der Waals surface area contributed by atoms with Crippen LogP contribution in [-0.4, -0.2) is 45.0 Å². The minimum atomic E-state index is -0.419. The van der Waals surface area contributed by atoms with E-state index in [-0.39, 0.29) is 19.1 Å². The van der Waals surface area contributed by atoms with Crippen LogP contribution in [0.4, 0.5) is 5.69 Å². The maximum absolute atomic E-state index is 12.4. The average Bonchev–Trinajstić information content (AvgIpc) is 2.88. The zero-order valence-electron chi connectivity index (χ0n) is 20.1. The molecule has 0 spiro atoms. The van der Waals surface area contributed by atoms with Gasteiger partial charge in [-0.3, -0.25) is 9.59 Å². The van der Waals surface area contributed by atoms with E-state index in [0.717, 1.165) is 8.95 Å². The molecule has 3 rings (SSSR count). The molecule has 2 amide bonds. The number of halogens is 2. The summed E-state index contributed by atoms with van der Waals surface area (Å²) in [5.74, 6) is 1.15. The Bertz CT molecular complexity index is 1270. The monoisotopic (exact) mass is 633 g/mol. The van der Waals surface area contributed by atoms with Crippen LogP contribution in [-0.2, 0) is 9.59 Å². The van der Waals surface area contributed by atoms with Crippen LogP contribution < -0.4 is 29.7 Å². The van der Waals surface area contributed by atoms with E-state index in [1.807, 2.05) is 25.1 Å². The van der Waals surface area contributed by atoms with Crippen molar-refractivity contribution in [2.75, 3.05) is 32.2 Å². The molecule has 3 aromatic carbocycles. The number of methoxy groups -OCH3 is 1. The lowest BCUT2D eigenvalue weighted by atomic mass is 10.2. The number of hydrazone groups is 1. The second kappa shape index (κ2) is 14.2. The lowest BCUT2D eigenvalue weighted by Crippen LogP contribution is -2.24. The number of hydrogen-bond acceptors (Lipinski definition) is 7. The minimum absolute atomic E-state index is 0.203. The first-order chi connectivity index (χ1) is 17.9. The number of benzene rings is 3. The van der Waals surface area contributed by atoms with Crippen LogP contribution in [0.25, 0.3) is 0 Å². The first kappa shape index (κ1) is 28.0. The Morgan fingerprint density at radius 3 is 2.35 bits per heavy atom. The van der Waals surface area contributed by atoms with E-state index in [4.69, 9.17) is 18.9 Å². The maximum atomic E-state index is 12.4. The van der Waals surface area contributed by atoms with Crippen LogP contribution in [0.2, 0.25) is 0 Å². The third-order valence-electron chi connectivity index (χ3n) is 4.66. The van der Waals surface area contributed by atoms with Crippen molar-refractivity contribution in [3.8, 4) is 23.0 Å². The number of anilines is 1. The molecular weight excluding hydrogens is 610 g/mol. The summed E-state index contributed by atoms with van der Waals surface area (Å²) in [5.41, 5.74) is 3.62. The molecule has 0 heterocycles. The summed E-state index contributed by atoms with van der Waals surface area (Å²) in [6.45, 7) is 1.80. The van der Waals surface area contributed by atoms with Gasteiger partial charge in [-0.25, -0.2) is 5.43 Å². The standard InChI is InChI=1S/C26H25Br2N3O6/c1-3-35-24-12-17(14-29-31-26(33)16-36-21-11-9-18(27)13-19(21)28)8-10-23(24)37-15-25(32)30-20-6-4-5-7-22(20)34-2/h4-14H,3,15-16H2,1-2H3,(H,30,32)(H,31,33)/b29-14+. The molecule has 0 bridgehead atoms. The number of carbonyl (C=O) groups excluding carboxylic acids is 2.